The molecule has 0 saturated carbocycles. The van der Waals surface area contributed by atoms with Gasteiger partial charge >= 0.3 is 0 Å². The molecule has 1 aromatic heterocycles. The molecule has 0 aliphatic rings. The molecule has 2 aromatic rings. The van der Waals surface area contributed by atoms with Crippen LogP contribution in [0.15, 0.2) is 36.5 Å². The molecule has 0 atom stereocenters. The number of nitrogens with two attached hydrogens (primary N) is 1. The van der Waals surface area contributed by atoms with E-state index in [4.69, 9.17) is 17.3 Å². The van der Waals surface area contributed by atoms with Gasteiger partial charge in [0.25, 0.3) is 0 Å². The second kappa shape index (κ2) is 5.06. The third-order valence-electron chi connectivity index (χ3n) is 2.46. The first kappa shape index (κ1) is 11.7. The number of aromatic nitrogens is 1. The molecule has 1 aromatic carbocycles. The third kappa shape index (κ3) is 2.88. The third-order valence-corrected chi connectivity index (χ3v) is 2.75. The zero-order chi connectivity index (χ0) is 12.3. The first-order chi connectivity index (χ1) is 8.19. The van der Waals surface area contributed by atoms with Crippen molar-refractivity contribution >= 4 is 28.8 Å². The van der Waals surface area contributed by atoms with E-state index < -0.39 is 0 Å². The summed E-state index contributed by atoms with van der Waals surface area (Å²) in [5.74, 6) is 0.620. The molecule has 3 nitrogen and oxygen atoms in total. The number of nitrogen functional groups attached to an aromatic ring is 1. The molecule has 0 spiro atoms. The molecule has 17 heavy (non-hydrogen) atoms. The maximum atomic E-state index is 6.05. The van der Waals surface area contributed by atoms with Crippen molar-refractivity contribution in [3.8, 4) is 0 Å². The van der Waals surface area contributed by atoms with Crippen LogP contribution in [0, 0.1) is 0 Å². The molecule has 3 N–H and O–H groups in total. The fourth-order valence-corrected chi connectivity index (χ4v) is 1.77. The number of pyridine rings is 1. The number of anilines is 3. The van der Waals surface area contributed by atoms with Crippen molar-refractivity contribution in [3.05, 3.63) is 47.1 Å². The van der Waals surface area contributed by atoms with Gasteiger partial charge in [0.1, 0.15) is 5.82 Å². The smallest absolute Gasteiger partial charge is 0.149 e. The molecule has 0 aliphatic heterocycles. The lowest BCUT2D eigenvalue weighted by Crippen LogP contribution is -1.96. The lowest BCUT2D eigenvalue weighted by molar-refractivity contribution is 1.14. The van der Waals surface area contributed by atoms with Crippen molar-refractivity contribution in [1.82, 2.24) is 4.98 Å². The van der Waals surface area contributed by atoms with Gasteiger partial charge in [0.2, 0.25) is 0 Å². The van der Waals surface area contributed by atoms with Gasteiger partial charge in [0.15, 0.2) is 0 Å². The van der Waals surface area contributed by atoms with Crippen LogP contribution in [-0.2, 0) is 6.42 Å². The van der Waals surface area contributed by atoms with Crippen LogP contribution in [0.3, 0.4) is 0 Å². The second-order valence-corrected chi connectivity index (χ2v) is 4.19. The van der Waals surface area contributed by atoms with E-state index >= 15 is 0 Å². The van der Waals surface area contributed by atoms with E-state index in [9.17, 15) is 0 Å². The molecular weight excluding hydrogens is 234 g/mol. The van der Waals surface area contributed by atoms with Crippen LogP contribution in [0.2, 0.25) is 5.02 Å². The summed E-state index contributed by atoms with van der Waals surface area (Å²) in [6.07, 6.45) is 2.58. The molecule has 2 rings (SSSR count). The Labute approximate surface area is 106 Å². The van der Waals surface area contributed by atoms with Crippen molar-refractivity contribution in [2.45, 2.75) is 13.3 Å². The van der Waals surface area contributed by atoms with E-state index in [-0.39, 0.29) is 0 Å². The minimum Gasteiger partial charge on any atom is -0.397 e. The van der Waals surface area contributed by atoms with Gasteiger partial charge in [-0.1, -0.05) is 30.7 Å². The maximum absolute atomic E-state index is 6.05. The van der Waals surface area contributed by atoms with Crippen molar-refractivity contribution in [3.63, 3.8) is 0 Å². The maximum Gasteiger partial charge on any atom is 0.149 e. The molecule has 0 saturated heterocycles. The van der Waals surface area contributed by atoms with Crippen LogP contribution in [0.5, 0.6) is 0 Å². The summed E-state index contributed by atoms with van der Waals surface area (Å²) in [5, 5.41) is 3.70. The summed E-state index contributed by atoms with van der Waals surface area (Å²) in [7, 11) is 0. The fraction of sp³-hybridized carbons (Fsp3) is 0.154. The van der Waals surface area contributed by atoms with E-state index in [0.29, 0.717) is 16.5 Å². The summed E-state index contributed by atoms with van der Waals surface area (Å²) < 4.78 is 0. The number of nitrogens with zero attached hydrogens (tertiary/aromatic N) is 1. The molecule has 88 valence electrons. The van der Waals surface area contributed by atoms with Crippen molar-refractivity contribution in [2.24, 2.45) is 0 Å². The number of benzene rings is 1. The van der Waals surface area contributed by atoms with Crippen LogP contribution < -0.4 is 11.1 Å². The highest BCUT2D eigenvalue weighted by Gasteiger charge is 2.03. The Morgan fingerprint density at radius 3 is 2.88 bits per heavy atom. The highest BCUT2D eigenvalue weighted by molar-refractivity contribution is 6.33. The summed E-state index contributed by atoms with van der Waals surface area (Å²) >= 11 is 6.05. The van der Waals surface area contributed by atoms with E-state index in [2.05, 4.69) is 29.4 Å². The van der Waals surface area contributed by atoms with Crippen LogP contribution in [0.1, 0.15) is 12.5 Å². The summed E-state index contributed by atoms with van der Waals surface area (Å²) in [6.45, 7) is 2.12. The van der Waals surface area contributed by atoms with Crippen molar-refractivity contribution in [1.29, 1.82) is 0 Å². The van der Waals surface area contributed by atoms with Gasteiger partial charge in [-0.2, -0.15) is 0 Å². The number of rotatable bonds is 3. The fourth-order valence-electron chi connectivity index (χ4n) is 1.55. The summed E-state index contributed by atoms with van der Waals surface area (Å²) in [5.41, 5.74) is 8.39. The molecular formula is C13H14ClN3. The van der Waals surface area contributed by atoms with Gasteiger partial charge in [0.05, 0.1) is 16.9 Å². The topological polar surface area (TPSA) is 50.9 Å². The Kier molecular flexibility index (Phi) is 3.49. The predicted octanol–water partition coefficient (Wildman–Crippen LogP) is 3.62. The van der Waals surface area contributed by atoms with Crippen LogP contribution in [0.4, 0.5) is 17.2 Å². The molecule has 0 unspecified atom stereocenters. The number of nitrogens with one attached hydrogen (secondary N) is 1. The van der Waals surface area contributed by atoms with Crippen molar-refractivity contribution in [2.75, 3.05) is 11.1 Å². The van der Waals surface area contributed by atoms with E-state index in [1.807, 2.05) is 12.1 Å². The quantitative estimate of drug-likeness (QED) is 0.871. The first-order valence-corrected chi connectivity index (χ1v) is 5.84. The Bertz CT molecular complexity index is 526. The molecule has 0 radical (unpaired) electrons. The van der Waals surface area contributed by atoms with E-state index in [1.165, 1.54) is 5.56 Å². The molecule has 0 bridgehead atoms. The zero-order valence-corrected chi connectivity index (χ0v) is 10.3. The Hall–Kier alpha value is -1.74. The Morgan fingerprint density at radius 2 is 2.18 bits per heavy atom. The minimum absolute atomic E-state index is 0.520. The average molecular weight is 248 g/mol. The Morgan fingerprint density at radius 1 is 1.35 bits per heavy atom. The molecule has 1 heterocycles. The van der Waals surface area contributed by atoms with Gasteiger partial charge in [-0.25, -0.2) is 4.98 Å². The SMILES string of the molecule is CCc1cccc(Nc2ncc(N)cc2Cl)c1. The van der Waals surface area contributed by atoms with Crippen LogP contribution >= 0.6 is 11.6 Å². The van der Waals surface area contributed by atoms with Crippen LogP contribution in [0.25, 0.3) is 0 Å². The highest BCUT2D eigenvalue weighted by Crippen LogP contribution is 2.25. The number of hydrogen-bond donors (Lipinski definition) is 2. The van der Waals surface area contributed by atoms with Crippen LogP contribution in [-0.4, -0.2) is 4.98 Å². The van der Waals surface area contributed by atoms with E-state index in [0.717, 1.165) is 12.1 Å². The molecule has 4 heteroatoms. The molecule has 0 aliphatic carbocycles. The predicted molar refractivity (Wildman–Crippen MR) is 72.8 cm³/mol. The first-order valence-electron chi connectivity index (χ1n) is 5.46. The van der Waals surface area contributed by atoms with E-state index in [1.54, 1.807) is 12.3 Å². The monoisotopic (exact) mass is 247 g/mol. The van der Waals surface area contributed by atoms with Gasteiger partial charge in [0, 0.05) is 5.69 Å². The lowest BCUT2D eigenvalue weighted by Gasteiger charge is -2.08. The lowest BCUT2D eigenvalue weighted by atomic mass is 10.1. The van der Waals surface area contributed by atoms with Gasteiger partial charge < -0.3 is 11.1 Å². The van der Waals surface area contributed by atoms with Gasteiger partial charge in [-0.3, -0.25) is 0 Å². The summed E-state index contributed by atoms with van der Waals surface area (Å²) in [6, 6.07) is 9.83. The number of hydrogen-bond acceptors (Lipinski definition) is 3. The highest BCUT2D eigenvalue weighted by atomic mass is 35.5. The second-order valence-electron chi connectivity index (χ2n) is 3.78. The number of aryl methyl sites for hydroxylation is 1. The Balaban J connectivity index is 2.25. The average Bonchev–Trinajstić information content (AvgIpc) is 2.33. The number of halogens is 1. The standard InChI is InChI=1S/C13H14ClN3/c1-2-9-4-3-5-11(6-9)17-13-12(14)7-10(15)8-16-13/h3-8H,2,15H2,1H3,(H,16,17). The van der Waals surface area contributed by atoms with Gasteiger partial charge in [-0.15, -0.1) is 0 Å². The van der Waals surface area contributed by atoms with Crippen molar-refractivity contribution < 1.29 is 0 Å². The molecule has 0 fully saturated rings. The molecule has 0 amide bonds. The normalized spacial score (nSPS) is 10.2. The largest absolute Gasteiger partial charge is 0.397 e. The van der Waals surface area contributed by atoms with Gasteiger partial charge in [-0.05, 0) is 30.2 Å². The zero-order valence-electron chi connectivity index (χ0n) is 9.57. The summed E-state index contributed by atoms with van der Waals surface area (Å²) in [4.78, 5) is 4.16. The minimum atomic E-state index is 0.520.